The molecule has 1 aromatic rings. The summed E-state index contributed by atoms with van der Waals surface area (Å²) in [6.07, 6.45) is 1.57. The third kappa shape index (κ3) is 3.74. The number of nitrogens with one attached hydrogen (secondary N) is 2. The minimum atomic E-state index is -1.01. The van der Waals surface area contributed by atoms with Crippen molar-refractivity contribution in [3.8, 4) is 0 Å². The molecule has 0 aliphatic rings. The Balaban J connectivity index is 2.27. The van der Waals surface area contributed by atoms with E-state index in [0.29, 0.717) is 25.3 Å². The Bertz CT molecular complexity index is 373. The molecule has 1 rings (SSSR count). The van der Waals surface area contributed by atoms with Crippen LogP contribution in [0.3, 0.4) is 0 Å². The normalized spacial score (nSPS) is 10.1. The summed E-state index contributed by atoms with van der Waals surface area (Å²) in [5, 5.41) is 14.1. The molecule has 3 N–H and O–H groups in total. The van der Waals surface area contributed by atoms with Gasteiger partial charge in [0.2, 0.25) is 5.91 Å². The van der Waals surface area contributed by atoms with E-state index in [4.69, 9.17) is 9.52 Å². The molecule has 0 atom stereocenters. The molecule has 1 aromatic heterocycles. The summed E-state index contributed by atoms with van der Waals surface area (Å²) < 4.78 is 5.02. The summed E-state index contributed by atoms with van der Waals surface area (Å²) in [7, 11) is 1.58. The average Bonchev–Trinajstić information content (AvgIpc) is 2.72. The van der Waals surface area contributed by atoms with Gasteiger partial charge in [0, 0.05) is 20.0 Å². The number of aromatic carboxylic acids is 1. The fraction of sp³-hybridized carbons (Fsp3) is 0.400. The quantitative estimate of drug-likeness (QED) is 0.603. The molecule has 0 bridgehead atoms. The van der Waals surface area contributed by atoms with Crippen LogP contribution in [0.5, 0.6) is 0 Å². The first kappa shape index (κ1) is 12.3. The fourth-order valence-corrected chi connectivity index (χ4v) is 1.12. The highest BCUT2D eigenvalue weighted by atomic mass is 16.4. The molecule has 6 heteroatoms. The lowest BCUT2D eigenvalue weighted by Gasteiger charge is -2.01. The molecule has 0 fully saturated rings. The van der Waals surface area contributed by atoms with Crippen LogP contribution in [0, 0.1) is 0 Å². The number of amides is 1. The van der Waals surface area contributed by atoms with Crippen LogP contribution >= 0.6 is 0 Å². The van der Waals surface area contributed by atoms with E-state index in [2.05, 4.69) is 10.6 Å². The number of carbonyl (C=O) groups excluding carboxylic acids is 1. The Morgan fingerprint density at radius 3 is 2.81 bits per heavy atom. The summed E-state index contributed by atoms with van der Waals surface area (Å²) in [5.74, 6) is -0.521. The van der Waals surface area contributed by atoms with Crippen LogP contribution in [-0.2, 0) is 11.3 Å². The van der Waals surface area contributed by atoms with E-state index in [1.54, 1.807) is 7.05 Å². The van der Waals surface area contributed by atoms with E-state index < -0.39 is 5.97 Å². The van der Waals surface area contributed by atoms with Gasteiger partial charge in [0.15, 0.2) is 0 Å². The topological polar surface area (TPSA) is 91.6 Å². The van der Waals surface area contributed by atoms with E-state index >= 15 is 0 Å². The highest BCUT2D eigenvalue weighted by Crippen LogP contribution is 2.07. The zero-order valence-electron chi connectivity index (χ0n) is 8.95. The molecule has 0 aliphatic carbocycles. The molecular formula is C10H14N2O4. The lowest BCUT2D eigenvalue weighted by atomic mass is 10.3. The second-order valence-corrected chi connectivity index (χ2v) is 3.21. The molecule has 0 saturated heterocycles. The van der Waals surface area contributed by atoms with Crippen LogP contribution in [0.25, 0.3) is 0 Å². The second kappa shape index (κ2) is 5.92. The molecule has 1 heterocycles. The maximum absolute atomic E-state index is 10.9. The third-order valence-electron chi connectivity index (χ3n) is 2.01. The van der Waals surface area contributed by atoms with Gasteiger partial charge >= 0.3 is 5.97 Å². The summed E-state index contributed by atoms with van der Waals surface area (Å²) in [5.41, 5.74) is 0.128. The number of furan rings is 1. The standard InChI is InChI=1S/C10H14N2O4/c1-11-9(13)2-3-12-5-8-4-7(6-16-8)10(14)15/h4,6,12H,2-3,5H2,1H3,(H,11,13)(H,14,15). The van der Waals surface area contributed by atoms with Gasteiger partial charge in [-0.1, -0.05) is 0 Å². The minimum absolute atomic E-state index is 0.0434. The van der Waals surface area contributed by atoms with Gasteiger partial charge < -0.3 is 20.2 Å². The average molecular weight is 226 g/mol. The highest BCUT2D eigenvalue weighted by molar-refractivity contribution is 5.87. The largest absolute Gasteiger partial charge is 0.478 e. The van der Waals surface area contributed by atoms with Crippen LogP contribution in [0.1, 0.15) is 22.5 Å². The smallest absolute Gasteiger partial charge is 0.338 e. The van der Waals surface area contributed by atoms with Crippen LogP contribution in [0.4, 0.5) is 0 Å². The molecule has 0 unspecified atom stereocenters. The van der Waals surface area contributed by atoms with E-state index in [1.165, 1.54) is 12.3 Å². The van der Waals surface area contributed by atoms with Crippen LogP contribution in [0.15, 0.2) is 16.7 Å². The van der Waals surface area contributed by atoms with E-state index in [1.807, 2.05) is 0 Å². The first-order valence-electron chi connectivity index (χ1n) is 4.85. The van der Waals surface area contributed by atoms with Crippen LogP contribution in [0.2, 0.25) is 0 Å². The number of hydrogen-bond acceptors (Lipinski definition) is 4. The Kier molecular flexibility index (Phi) is 4.53. The van der Waals surface area contributed by atoms with Gasteiger partial charge in [0.1, 0.15) is 12.0 Å². The van der Waals surface area contributed by atoms with Crippen molar-refractivity contribution in [3.05, 3.63) is 23.7 Å². The summed E-state index contributed by atoms with van der Waals surface area (Å²) in [4.78, 5) is 21.4. The van der Waals surface area contributed by atoms with Crippen LogP contribution < -0.4 is 10.6 Å². The molecule has 16 heavy (non-hydrogen) atoms. The Hall–Kier alpha value is -1.82. The Morgan fingerprint density at radius 1 is 1.50 bits per heavy atom. The molecule has 6 nitrogen and oxygen atoms in total. The van der Waals surface area contributed by atoms with Gasteiger partial charge in [0.05, 0.1) is 12.1 Å². The van der Waals surface area contributed by atoms with Gasteiger partial charge in [-0.15, -0.1) is 0 Å². The minimum Gasteiger partial charge on any atom is -0.478 e. The van der Waals surface area contributed by atoms with E-state index in [0.717, 1.165) is 0 Å². The Labute approximate surface area is 92.6 Å². The zero-order valence-corrected chi connectivity index (χ0v) is 8.95. The van der Waals surface area contributed by atoms with Crippen molar-refractivity contribution >= 4 is 11.9 Å². The molecule has 0 aromatic carbocycles. The van der Waals surface area contributed by atoms with Crippen molar-refractivity contribution in [3.63, 3.8) is 0 Å². The lowest BCUT2D eigenvalue weighted by Crippen LogP contribution is -2.24. The van der Waals surface area contributed by atoms with Gasteiger partial charge in [-0.3, -0.25) is 4.79 Å². The van der Waals surface area contributed by atoms with Gasteiger partial charge in [-0.2, -0.15) is 0 Å². The van der Waals surface area contributed by atoms with E-state index in [9.17, 15) is 9.59 Å². The number of carboxylic acids is 1. The molecule has 0 radical (unpaired) electrons. The molecule has 1 amide bonds. The van der Waals surface area contributed by atoms with Crippen molar-refractivity contribution in [2.24, 2.45) is 0 Å². The van der Waals surface area contributed by atoms with Crippen molar-refractivity contribution in [1.29, 1.82) is 0 Å². The predicted octanol–water partition coefficient (Wildman–Crippen LogP) is 0.203. The van der Waals surface area contributed by atoms with Crippen molar-refractivity contribution in [2.75, 3.05) is 13.6 Å². The summed E-state index contributed by atoms with van der Waals surface area (Å²) >= 11 is 0. The molecule has 0 saturated carbocycles. The number of rotatable bonds is 6. The summed E-state index contributed by atoms with van der Waals surface area (Å²) in [6, 6.07) is 1.45. The van der Waals surface area contributed by atoms with Crippen molar-refractivity contribution in [2.45, 2.75) is 13.0 Å². The summed E-state index contributed by atoms with van der Waals surface area (Å²) in [6.45, 7) is 0.924. The van der Waals surface area contributed by atoms with Crippen molar-refractivity contribution < 1.29 is 19.1 Å². The molecule has 0 spiro atoms. The molecular weight excluding hydrogens is 212 g/mol. The first-order valence-corrected chi connectivity index (χ1v) is 4.85. The van der Waals surface area contributed by atoms with Gasteiger partial charge in [-0.05, 0) is 6.07 Å². The fourth-order valence-electron chi connectivity index (χ4n) is 1.12. The lowest BCUT2D eigenvalue weighted by molar-refractivity contribution is -0.120. The third-order valence-corrected chi connectivity index (χ3v) is 2.01. The van der Waals surface area contributed by atoms with Gasteiger partial charge in [0.25, 0.3) is 0 Å². The van der Waals surface area contributed by atoms with Crippen molar-refractivity contribution in [1.82, 2.24) is 10.6 Å². The molecule has 0 aliphatic heterocycles. The highest BCUT2D eigenvalue weighted by Gasteiger charge is 2.07. The SMILES string of the molecule is CNC(=O)CCNCc1cc(C(=O)O)co1. The number of hydrogen-bond donors (Lipinski definition) is 3. The number of carbonyl (C=O) groups is 2. The zero-order chi connectivity index (χ0) is 12.0. The predicted molar refractivity (Wildman–Crippen MR) is 56.1 cm³/mol. The van der Waals surface area contributed by atoms with Crippen LogP contribution in [-0.4, -0.2) is 30.6 Å². The monoisotopic (exact) mass is 226 g/mol. The maximum Gasteiger partial charge on any atom is 0.338 e. The molecule has 88 valence electrons. The number of carboxylic acid groups (broad SMARTS) is 1. The second-order valence-electron chi connectivity index (χ2n) is 3.21. The maximum atomic E-state index is 10.9. The van der Waals surface area contributed by atoms with Gasteiger partial charge in [-0.25, -0.2) is 4.79 Å². The van der Waals surface area contributed by atoms with E-state index in [-0.39, 0.29) is 11.5 Å². The Morgan fingerprint density at radius 2 is 2.25 bits per heavy atom. The first-order chi connectivity index (χ1) is 7.63.